The summed E-state index contributed by atoms with van der Waals surface area (Å²) in [4.78, 5) is 12.2. The van der Waals surface area contributed by atoms with Crippen molar-refractivity contribution in [2.24, 2.45) is 5.41 Å². The van der Waals surface area contributed by atoms with Gasteiger partial charge in [-0.3, -0.25) is 4.79 Å². The largest absolute Gasteiger partial charge is 0.378 e. The van der Waals surface area contributed by atoms with Gasteiger partial charge in [0.15, 0.2) is 0 Å². The van der Waals surface area contributed by atoms with Crippen molar-refractivity contribution in [3.05, 3.63) is 0 Å². The number of hydrogen-bond acceptors (Lipinski definition) is 2. The molecule has 1 unspecified atom stereocenters. The number of hydrogen-bond donors (Lipinski definition) is 1. The highest BCUT2D eigenvalue weighted by molar-refractivity contribution is 9.09. The Morgan fingerprint density at radius 1 is 1.44 bits per heavy atom. The van der Waals surface area contributed by atoms with Crippen molar-refractivity contribution >= 4 is 21.8 Å². The van der Waals surface area contributed by atoms with Gasteiger partial charge in [-0.15, -0.1) is 0 Å². The Balaban J connectivity index is 2.24. The minimum atomic E-state index is -0.171. The lowest BCUT2D eigenvalue weighted by Crippen LogP contribution is -2.44. The van der Waals surface area contributed by atoms with Gasteiger partial charge in [0.2, 0.25) is 5.91 Å². The van der Waals surface area contributed by atoms with Crippen molar-refractivity contribution in [2.45, 2.75) is 63.3 Å². The van der Waals surface area contributed by atoms with E-state index < -0.39 is 0 Å². The second kappa shape index (κ2) is 6.38. The van der Waals surface area contributed by atoms with Gasteiger partial charge in [-0.1, -0.05) is 36.7 Å². The molecule has 106 valence electrons. The van der Waals surface area contributed by atoms with Crippen LogP contribution in [0.2, 0.25) is 0 Å². The normalized spacial score (nSPS) is 20.1. The van der Waals surface area contributed by atoms with Crippen LogP contribution < -0.4 is 5.32 Å². The lowest BCUT2D eigenvalue weighted by molar-refractivity contribution is -0.134. The van der Waals surface area contributed by atoms with Crippen LogP contribution in [0.4, 0.5) is 0 Å². The van der Waals surface area contributed by atoms with Crippen LogP contribution in [0.5, 0.6) is 0 Å². The zero-order chi connectivity index (χ0) is 13.8. The zero-order valence-electron chi connectivity index (χ0n) is 12.0. The molecule has 1 saturated carbocycles. The van der Waals surface area contributed by atoms with Crippen LogP contribution in [-0.2, 0) is 9.53 Å². The number of carbonyl (C=O) groups excluding carboxylic acids is 1. The van der Waals surface area contributed by atoms with Crippen LogP contribution in [-0.4, -0.2) is 30.0 Å². The molecule has 1 amide bonds. The molecule has 1 N–H and O–H groups in total. The molecule has 0 saturated heterocycles. The summed E-state index contributed by atoms with van der Waals surface area (Å²) in [6, 6.07) is 0. The third kappa shape index (κ3) is 5.27. The van der Waals surface area contributed by atoms with Gasteiger partial charge in [-0.05, 0) is 31.1 Å². The predicted octanol–water partition coefficient (Wildman–Crippen LogP) is 3.26. The quantitative estimate of drug-likeness (QED) is 0.763. The van der Waals surface area contributed by atoms with Gasteiger partial charge < -0.3 is 10.1 Å². The molecule has 0 aromatic heterocycles. The number of halogens is 1. The summed E-state index contributed by atoms with van der Waals surface area (Å²) < 4.78 is 5.46. The van der Waals surface area contributed by atoms with Crippen molar-refractivity contribution < 1.29 is 9.53 Å². The zero-order valence-corrected chi connectivity index (χ0v) is 13.6. The molecule has 0 heterocycles. The Kier molecular flexibility index (Phi) is 5.66. The van der Waals surface area contributed by atoms with Crippen LogP contribution in [0.3, 0.4) is 0 Å². The first kappa shape index (κ1) is 16.0. The molecule has 1 aliphatic carbocycles. The standard InChI is InChI=1S/C14H26BrNO2/c1-13(2,3)8-11(15)10-16-12(17)9-14(18-4)6-5-7-14/h11H,5-10H2,1-4H3,(H,16,17). The van der Waals surface area contributed by atoms with E-state index in [0.717, 1.165) is 19.3 Å². The minimum absolute atomic E-state index is 0.106. The van der Waals surface area contributed by atoms with Gasteiger partial charge in [0, 0.05) is 18.5 Å². The van der Waals surface area contributed by atoms with Gasteiger partial charge >= 0.3 is 0 Å². The van der Waals surface area contributed by atoms with Crippen molar-refractivity contribution in [1.29, 1.82) is 0 Å². The number of alkyl halides is 1. The van der Waals surface area contributed by atoms with Crippen molar-refractivity contribution in [1.82, 2.24) is 5.32 Å². The Hall–Kier alpha value is -0.0900. The summed E-state index contributed by atoms with van der Waals surface area (Å²) in [6.07, 6.45) is 4.74. The van der Waals surface area contributed by atoms with Gasteiger partial charge in [0.1, 0.15) is 0 Å². The lowest BCUT2D eigenvalue weighted by Gasteiger charge is -2.40. The summed E-state index contributed by atoms with van der Waals surface area (Å²) in [6.45, 7) is 7.31. The average molecular weight is 320 g/mol. The van der Waals surface area contributed by atoms with Gasteiger partial charge in [-0.2, -0.15) is 0 Å². The monoisotopic (exact) mass is 319 g/mol. The molecule has 1 rings (SSSR count). The summed E-state index contributed by atoms with van der Waals surface area (Å²) in [5, 5.41) is 3.00. The van der Waals surface area contributed by atoms with Crippen LogP contribution in [0.25, 0.3) is 0 Å². The number of carbonyl (C=O) groups is 1. The van der Waals surface area contributed by atoms with Crippen molar-refractivity contribution in [2.75, 3.05) is 13.7 Å². The topological polar surface area (TPSA) is 38.3 Å². The molecule has 4 heteroatoms. The maximum absolute atomic E-state index is 11.9. The molecule has 0 bridgehead atoms. The highest BCUT2D eigenvalue weighted by Crippen LogP contribution is 2.37. The van der Waals surface area contributed by atoms with Crippen LogP contribution in [0.15, 0.2) is 0 Å². The first-order valence-corrected chi connectivity index (χ1v) is 7.64. The molecule has 0 aromatic carbocycles. The molecular weight excluding hydrogens is 294 g/mol. The van der Waals surface area contributed by atoms with E-state index >= 15 is 0 Å². The molecular formula is C14H26BrNO2. The van der Waals surface area contributed by atoms with E-state index in [1.807, 2.05) is 0 Å². The van der Waals surface area contributed by atoms with E-state index in [2.05, 4.69) is 42.0 Å². The highest BCUT2D eigenvalue weighted by atomic mass is 79.9. The Labute approximate surface area is 119 Å². The van der Waals surface area contributed by atoms with Crippen molar-refractivity contribution in [3.63, 3.8) is 0 Å². The molecule has 1 fully saturated rings. The summed E-state index contributed by atoms with van der Waals surface area (Å²) >= 11 is 3.62. The molecule has 0 aliphatic heterocycles. The molecule has 0 radical (unpaired) electrons. The number of methoxy groups -OCH3 is 1. The fraction of sp³-hybridized carbons (Fsp3) is 0.929. The number of ether oxygens (including phenoxy) is 1. The Morgan fingerprint density at radius 2 is 2.06 bits per heavy atom. The second-order valence-electron chi connectivity index (χ2n) is 6.58. The summed E-state index contributed by atoms with van der Waals surface area (Å²) in [5.41, 5.74) is 0.108. The molecule has 18 heavy (non-hydrogen) atoms. The van der Waals surface area contributed by atoms with E-state index in [-0.39, 0.29) is 16.9 Å². The fourth-order valence-corrected chi connectivity index (χ4v) is 3.47. The first-order valence-electron chi connectivity index (χ1n) is 6.72. The Bertz CT molecular complexity index is 276. The highest BCUT2D eigenvalue weighted by Gasteiger charge is 2.38. The Morgan fingerprint density at radius 3 is 2.44 bits per heavy atom. The maximum Gasteiger partial charge on any atom is 0.222 e. The molecule has 3 nitrogen and oxygen atoms in total. The van der Waals surface area contributed by atoms with Gasteiger partial charge in [0.05, 0.1) is 12.0 Å². The smallest absolute Gasteiger partial charge is 0.222 e. The third-order valence-electron chi connectivity index (χ3n) is 3.54. The van der Waals surface area contributed by atoms with E-state index in [1.54, 1.807) is 7.11 Å². The van der Waals surface area contributed by atoms with E-state index in [4.69, 9.17) is 4.74 Å². The minimum Gasteiger partial charge on any atom is -0.378 e. The number of amides is 1. The lowest BCUT2D eigenvalue weighted by atomic mass is 9.77. The second-order valence-corrected chi connectivity index (χ2v) is 7.88. The first-order chi connectivity index (χ1) is 8.26. The number of nitrogens with one attached hydrogen (secondary N) is 1. The summed E-state index contributed by atoms with van der Waals surface area (Å²) in [5.74, 6) is 0.106. The maximum atomic E-state index is 11.9. The molecule has 0 aromatic rings. The van der Waals surface area contributed by atoms with Crippen LogP contribution >= 0.6 is 15.9 Å². The number of rotatable bonds is 6. The SMILES string of the molecule is COC1(CC(=O)NCC(Br)CC(C)(C)C)CCC1. The molecule has 1 aliphatic rings. The van der Waals surface area contributed by atoms with E-state index in [9.17, 15) is 4.79 Å². The van der Waals surface area contributed by atoms with Crippen LogP contribution in [0.1, 0.15) is 52.9 Å². The third-order valence-corrected chi connectivity index (χ3v) is 4.18. The van der Waals surface area contributed by atoms with E-state index in [1.165, 1.54) is 6.42 Å². The van der Waals surface area contributed by atoms with Gasteiger partial charge in [0.25, 0.3) is 0 Å². The van der Waals surface area contributed by atoms with Crippen LogP contribution in [0, 0.1) is 5.41 Å². The van der Waals surface area contributed by atoms with Crippen molar-refractivity contribution in [3.8, 4) is 0 Å². The molecule has 0 spiro atoms. The fourth-order valence-electron chi connectivity index (χ4n) is 2.34. The van der Waals surface area contributed by atoms with Gasteiger partial charge in [-0.25, -0.2) is 0 Å². The average Bonchev–Trinajstić information content (AvgIpc) is 2.18. The predicted molar refractivity (Wildman–Crippen MR) is 78.0 cm³/mol. The molecule has 1 atom stereocenters. The van der Waals surface area contributed by atoms with E-state index in [0.29, 0.717) is 17.8 Å². The summed E-state index contributed by atoms with van der Waals surface area (Å²) in [7, 11) is 1.71.